The highest BCUT2D eigenvalue weighted by molar-refractivity contribution is 5.87. The highest BCUT2D eigenvalue weighted by Gasteiger charge is 2.28. The molecular weight excluding hydrogens is 390 g/mol. The van der Waals surface area contributed by atoms with Gasteiger partial charge in [0, 0.05) is 32.7 Å². The van der Waals surface area contributed by atoms with E-state index in [2.05, 4.69) is 10.3 Å². The minimum Gasteiger partial charge on any atom is -0.464 e. The van der Waals surface area contributed by atoms with E-state index in [0.29, 0.717) is 45.9 Å². The zero-order valence-electron chi connectivity index (χ0n) is 17.8. The number of aromatic nitrogens is 1. The van der Waals surface area contributed by atoms with Crippen molar-refractivity contribution in [1.29, 1.82) is 0 Å². The molecule has 0 aromatic carbocycles. The number of hydrogen-bond donors (Lipinski definition) is 3. The highest BCUT2D eigenvalue weighted by atomic mass is 16.5. The van der Waals surface area contributed by atoms with Crippen LogP contribution in [0.5, 0.6) is 0 Å². The molecule has 30 heavy (non-hydrogen) atoms. The lowest BCUT2D eigenvalue weighted by molar-refractivity contribution is -0.0598. The Labute approximate surface area is 178 Å². The van der Waals surface area contributed by atoms with Crippen molar-refractivity contribution in [3.05, 3.63) is 29.6 Å². The molecule has 1 aromatic heterocycles. The number of hydrogen-bond acceptors (Lipinski definition) is 9. The van der Waals surface area contributed by atoms with E-state index in [4.69, 9.17) is 19.3 Å². The Morgan fingerprint density at radius 2 is 1.90 bits per heavy atom. The fourth-order valence-corrected chi connectivity index (χ4v) is 3.52. The zero-order valence-corrected chi connectivity index (χ0v) is 17.8. The van der Waals surface area contributed by atoms with E-state index in [0.717, 1.165) is 25.0 Å². The van der Waals surface area contributed by atoms with Gasteiger partial charge < -0.3 is 29.7 Å². The van der Waals surface area contributed by atoms with E-state index >= 15 is 0 Å². The molecule has 170 valence electrons. The minimum atomic E-state index is -0.465. The number of esters is 1. The molecule has 2 unspecified atom stereocenters. The van der Waals surface area contributed by atoms with Gasteiger partial charge in [0.05, 0.1) is 51.4 Å². The third-order valence-electron chi connectivity index (χ3n) is 5.03. The predicted octanol–water partition coefficient (Wildman–Crippen LogP) is 0.199. The van der Waals surface area contributed by atoms with Crippen LogP contribution in [-0.4, -0.2) is 98.0 Å². The second kappa shape index (κ2) is 14.4. The summed E-state index contributed by atoms with van der Waals surface area (Å²) in [5.74, 6) is -0.465. The lowest BCUT2D eigenvalue weighted by atomic mass is 10.2. The number of carbonyl (C=O) groups excluding carboxylic acids is 1. The molecule has 2 rings (SSSR count). The van der Waals surface area contributed by atoms with E-state index in [1.807, 2.05) is 11.0 Å². The van der Waals surface area contributed by atoms with Crippen molar-refractivity contribution in [3.63, 3.8) is 0 Å². The van der Waals surface area contributed by atoms with Gasteiger partial charge in [-0.15, -0.1) is 0 Å². The summed E-state index contributed by atoms with van der Waals surface area (Å²) < 4.78 is 16.7. The van der Waals surface area contributed by atoms with Crippen LogP contribution in [0, 0.1) is 0 Å². The Kier molecular flexibility index (Phi) is 11.8. The molecule has 2 atom stereocenters. The molecule has 0 amide bonds. The van der Waals surface area contributed by atoms with Crippen molar-refractivity contribution >= 4 is 5.97 Å². The Morgan fingerprint density at radius 1 is 1.13 bits per heavy atom. The summed E-state index contributed by atoms with van der Waals surface area (Å²) in [5, 5.41) is 21.3. The molecule has 1 fully saturated rings. The number of carbonyl (C=O) groups is 1. The van der Waals surface area contributed by atoms with Crippen molar-refractivity contribution in [2.24, 2.45) is 0 Å². The van der Waals surface area contributed by atoms with Crippen molar-refractivity contribution in [1.82, 2.24) is 15.2 Å². The minimum absolute atomic E-state index is 0.0344. The first-order valence-electron chi connectivity index (χ1n) is 10.6. The lowest BCUT2D eigenvalue weighted by Gasteiger charge is -2.24. The molecule has 0 bridgehead atoms. The number of aliphatic hydroxyl groups excluding tert-OH is 2. The number of nitrogens with zero attached hydrogens (tertiary/aromatic N) is 2. The monoisotopic (exact) mass is 425 g/mol. The molecule has 1 saturated carbocycles. The largest absolute Gasteiger partial charge is 0.464 e. The molecule has 1 aliphatic carbocycles. The molecule has 0 saturated heterocycles. The third-order valence-corrected chi connectivity index (χ3v) is 5.03. The lowest BCUT2D eigenvalue weighted by Crippen LogP contribution is -2.34. The second-order valence-corrected chi connectivity index (χ2v) is 7.23. The molecule has 1 aliphatic rings. The third kappa shape index (κ3) is 8.63. The summed E-state index contributed by atoms with van der Waals surface area (Å²) in [6, 6.07) is 5.25. The highest BCUT2D eigenvalue weighted by Crippen LogP contribution is 2.24. The molecule has 1 aromatic rings. The summed E-state index contributed by atoms with van der Waals surface area (Å²) in [7, 11) is 1.33. The number of pyridine rings is 1. The van der Waals surface area contributed by atoms with Crippen molar-refractivity contribution in [2.45, 2.75) is 38.0 Å². The van der Waals surface area contributed by atoms with Gasteiger partial charge in [0.15, 0.2) is 0 Å². The molecule has 9 nitrogen and oxygen atoms in total. The molecule has 0 spiro atoms. The smallest absolute Gasteiger partial charge is 0.356 e. The number of methoxy groups -OCH3 is 1. The zero-order chi connectivity index (χ0) is 21.6. The Balaban J connectivity index is 1.77. The maximum absolute atomic E-state index is 11.7. The summed E-state index contributed by atoms with van der Waals surface area (Å²) in [6.45, 7) is 4.23. The summed E-state index contributed by atoms with van der Waals surface area (Å²) in [4.78, 5) is 18.1. The number of nitrogens with one attached hydrogen (secondary N) is 1. The maximum Gasteiger partial charge on any atom is 0.356 e. The van der Waals surface area contributed by atoms with Gasteiger partial charge >= 0.3 is 5.97 Å². The molecule has 0 aliphatic heterocycles. The first-order chi connectivity index (χ1) is 14.7. The molecular formula is C21H35N3O6. The summed E-state index contributed by atoms with van der Waals surface area (Å²) in [6.07, 6.45) is 3.25. The average molecular weight is 426 g/mol. The van der Waals surface area contributed by atoms with Crippen LogP contribution in [-0.2, 0) is 20.8 Å². The average Bonchev–Trinajstić information content (AvgIpc) is 3.20. The molecule has 1 heterocycles. The topological polar surface area (TPSA) is 113 Å². The van der Waals surface area contributed by atoms with E-state index in [-0.39, 0.29) is 31.1 Å². The van der Waals surface area contributed by atoms with Gasteiger partial charge in [0.2, 0.25) is 0 Å². The number of rotatable bonds is 15. The van der Waals surface area contributed by atoms with Crippen LogP contribution in [0.2, 0.25) is 0 Å². The number of ether oxygens (including phenoxy) is 3. The van der Waals surface area contributed by atoms with Crippen LogP contribution in [0.4, 0.5) is 0 Å². The van der Waals surface area contributed by atoms with Crippen molar-refractivity contribution in [2.75, 3.05) is 59.7 Å². The summed E-state index contributed by atoms with van der Waals surface area (Å²) >= 11 is 0. The first-order valence-corrected chi connectivity index (χ1v) is 10.6. The van der Waals surface area contributed by atoms with Crippen molar-refractivity contribution in [3.8, 4) is 0 Å². The van der Waals surface area contributed by atoms with Gasteiger partial charge in [0.1, 0.15) is 5.69 Å². The predicted molar refractivity (Wildman–Crippen MR) is 111 cm³/mol. The quantitative estimate of drug-likeness (QED) is 0.268. The van der Waals surface area contributed by atoms with Crippen LogP contribution in [0.1, 0.15) is 35.4 Å². The normalized spacial score (nSPS) is 18.8. The first kappa shape index (κ1) is 24.6. The summed E-state index contributed by atoms with van der Waals surface area (Å²) in [5.41, 5.74) is 1.01. The second-order valence-electron chi connectivity index (χ2n) is 7.23. The van der Waals surface area contributed by atoms with Gasteiger partial charge in [-0.05, 0) is 31.4 Å². The molecule has 3 N–H and O–H groups in total. The van der Waals surface area contributed by atoms with Gasteiger partial charge in [0.25, 0.3) is 0 Å². The van der Waals surface area contributed by atoms with Gasteiger partial charge in [-0.25, -0.2) is 9.78 Å². The Morgan fingerprint density at radius 3 is 2.60 bits per heavy atom. The Hall–Kier alpha value is -1.62. The van der Waals surface area contributed by atoms with E-state index < -0.39 is 5.97 Å². The maximum atomic E-state index is 11.7. The van der Waals surface area contributed by atoms with E-state index in [1.165, 1.54) is 7.11 Å². The molecule has 0 radical (unpaired) electrons. The fraction of sp³-hybridized carbons (Fsp3) is 0.714. The van der Waals surface area contributed by atoms with Crippen LogP contribution in [0.25, 0.3) is 0 Å². The standard InChI is InChI=1S/C21H35N3O6/c1-28-21(27)18-5-2-4-17(23-18)16-24(10-13-26)11-15-30-20-7-3-6-19(20)29-14-9-22-8-12-25/h2,4-5,19-20,22,25-26H,3,6-16H2,1H3. The van der Waals surface area contributed by atoms with Gasteiger partial charge in [-0.1, -0.05) is 6.07 Å². The molecule has 9 heteroatoms. The van der Waals surface area contributed by atoms with Gasteiger partial charge in [-0.3, -0.25) is 4.90 Å². The Bertz CT molecular complexity index is 618. The van der Waals surface area contributed by atoms with E-state index in [1.54, 1.807) is 12.1 Å². The number of aliphatic hydroxyl groups is 2. The van der Waals surface area contributed by atoms with Crippen LogP contribution in [0.3, 0.4) is 0 Å². The van der Waals surface area contributed by atoms with E-state index in [9.17, 15) is 9.90 Å². The fourth-order valence-electron chi connectivity index (χ4n) is 3.52. The SMILES string of the molecule is COC(=O)c1cccc(CN(CCO)CCOC2CCCC2OCCNCCO)n1. The van der Waals surface area contributed by atoms with Crippen LogP contribution >= 0.6 is 0 Å². The van der Waals surface area contributed by atoms with Crippen LogP contribution in [0.15, 0.2) is 18.2 Å². The van der Waals surface area contributed by atoms with Crippen LogP contribution < -0.4 is 5.32 Å². The van der Waals surface area contributed by atoms with Gasteiger partial charge in [-0.2, -0.15) is 0 Å². The van der Waals surface area contributed by atoms with Crippen molar-refractivity contribution < 1.29 is 29.2 Å².